The average molecular weight is 176 g/mol. The molecule has 13 heavy (non-hydrogen) atoms. The van der Waals surface area contributed by atoms with Crippen molar-refractivity contribution < 1.29 is 9.13 Å². The van der Waals surface area contributed by atoms with Crippen LogP contribution >= 0.6 is 0 Å². The molecule has 0 bridgehead atoms. The van der Waals surface area contributed by atoms with Gasteiger partial charge in [0.2, 0.25) is 5.88 Å². The number of para-hydroxylation sites is 1. The lowest BCUT2D eigenvalue weighted by atomic mass is 10.2. The maximum absolute atomic E-state index is 13.2. The molecule has 0 unspecified atom stereocenters. The normalized spacial score (nSPS) is 10.3. The van der Waals surface area contributed by atoms with E-state index in [-0.39, 0.29) is 5.82 Å². The van der Waals surface area contributed by atoms with E-state index in [4.69, 9.17) is 4.74 Å². The van der Waals surface area contributed by atoms with Gasteiger partial charge in [-0.1, -0.05) is 12.1 Å². The van der Waals surface area contributed by atoms with Crippen LogP contribution in [0.1, 0.15) is 0 Å². The van der Waals surface area contributed by atoms with Gasteiger partial charge in [0, 0.05) is 11.5 Å². The fraction of sp³-hybridized carbons (Fsp3) is 0.100. The van der Waals surface area contributed by atoms with Crippen molar-refractivity contribution in [3.05, 3.63) is 36.1 Å². The van der Waals surface area contributed by atoms with Crippen LogP contribution in [-0.2, 0) is 0 Å². The van der Waals surface area contributed by atoms with Gasteiger partial charge in [-0.15, -0.1) is 0 Å². The summed E-state index contributed by atoms with van der Waals surface area (Å²) in [4.78, 5) is 3.96. The monoisotopic (exact) mass is 176 g/mol. The zero-order valence-electron chi connectivity index (χ0n) is 7.04. The van der Waals surface area contributed by atoms with Gasteiger partial charge in [0.15, 0.2) is 0 Å². The third-order valence-corrected chi connectivity index (χ3v) is 1.77. The minimum absolute atomic E-state index is 0.293. The molecule has 0 atom stereocenters. The highest BCUT2D eigenvalue weighted by atomic mass is 19.1. The van der Waals surface area contributed by atoms with E-state index in [0.717, 1.165) is 0 Å². The molecule has 0 N–H and O–H groups in total. The van der Waals surface area contributed by atoms with Crippen LogP contribution in [0.2, 0.25) is 0 Å². The third kappa shape index (κ3) is 1.33. The summed E-state index contributed by atoms with van der Waals surface area (Å²) >= 11 is 0. The third-order valence-electron chi connectivity index (χ3n) is 1.77. The summed E-state index contributed by atoms with van der Waals surface area (Å²) in [5.74, 6) is 0.0188. The van der Waals surface area contributed by atoms with E-state index in [0.29, 0.717) is 16.8 Å². The average Bonchev–Trinajstić information content (AvgIpc) is 2.18. The SMILES string of the molecule is COc1c[c]c2cccc(F)c2n1. The van der Waals surface area contributed by atoms with Crippen molar-refractivity contribution in [1.29, 1.82) is 0 Å². The highest BCUT2D eigenvalue weighted by Gasteiger charge is 2.02. The summed E-state index contributed by atoms with van der Waals surface area (Å²) in [6.07, 6.45) is 0. The highest BCUT2D eigenvalue weighted by Crippen LogP contribution is 2.17. The van der Waals surface area contributed by atoms with Gasteiger partial charge in [-0.3, -0.25) is 0 Å². The van der Waals surface area contributed by atoms with Crippen LogP contribution in [0, 0.1) is 11.9 Å². The fourth-order valence-electron chi connectivity index (χ4n) is 1.13. The second-order valence-corrected chi connectivity index (χ2v) is 2.58. The smallest absolute Gasteiger partial charge is 0.214 e. The van der Waals surface area contributed by atoms with Gasteiger partial charge in [-0.05, 0) is 12.1 Å². The van der Waals surface area contributed by atoms with Crippen molar-refractivity contribution >= 4 is 10.9 Å². The first-order valence-electron chi connectivity index (χ1n) is 3.82. The molecular formula is C10H7FNO. The summed E-state index contributed by atoms with van der Waals surface area (Å²) in [7, 11) is 1.49. The van der Waals surface area contributed by atoms with Gasteiger partial charge in [-0.2, -0.15) is 0 Å². The highest BCUT2D eigenvalue weighted by molar-refractivity contribution is 5.78. The van der Waals surface area contributed by atoms with E-state index in [1.165, 1.54) is 13.2 Å². The Morgan fingerprint density at radius 3 is 3.08 bits per heavy atom. The molecule has 0 aliphatic heterocycles. The molecule has 2 aromatic rings. The quantitative estimate of drug-likeness (QED) is 0.664. The summed E-state index contributed by atoms with van der Waals surface area (Å²) in [5, 5.41) is 0.654. The van der Waals surface area contributed by atoms with Crippen molar-refractivity contribution in [2.24, 2.45) is 0 Å². The number of ether oxygens (including phenoxy) is 1. The van der Waals surface area contributed by atoms with Crippen molar-refractivity contribution in [1.82, 2.24) is 4.98 Å². The van der Waals surface area contributed by atoms with Crippen molar-refractivity contribution in [3.8, 4) is 5.88 Å². The maximum atomic E-state index is 13.2. The molecule has 1 aromatic carbocycles. The molecule has 0 aliphatic carbocycles. The van der Waals surface area contributed by atoms with E-state index in [1.807, 2.05) is 0 Å². The van der Waals surface area contributed by atoms with Gasteiger partial charge in [0.25, 0.3) is 0 Å². The van der Waals surface area contributed by atoms with Gasteiger partial charge < -0.3 is 4.74 Å². The molecule has 1 heterocycles. The Bertz CT molecular complexity index is 442. The lowest BCUT2D eigenvalue weighted by Crippen LogP contribution is -1.89. The van der Waals surface area contributed by atoms with Crippen LogP contribution < -0.4 is 4.74 Å². The molecule has 1 radical (unpaired) electrons. The molecule has 2 nitrogen and oxygen atoms in total. The summed E-state index contributed by atoms with van der Waals surface area (Å²) < 4.78 is 18.0. The van der Waals surface area contributed by atoms with E-state index >= 15 is 0 Å². The molecular weight excluding hydrogens is 169 g/mol. The number of fused-ring (bicyclic) bond motifs is 1. The summed E-state index contributed by atoms with van der Waals surface area (Å²) in [6, 6.07) is 9.21. The van der Waals surface area contributed by atoms with Crippen molar-refractivity contribution in [3.63, 3.8) is 0 Å². The lowest BCUT2D eigenvalue weighted by Gasteiger charge is -2.00. The van der Waals surface area contributed by atoms with Crippen LogP contribution in [0.5, 0.6) is 5.88 Å². The molecule has 0 amide bonds. The zero-order chi connectivity index (χ0) is 9.26. The molecule has 0 aliphatic rings. The van der Waals surface area contributed by atoms with Crippen LogP contribution in [0.25, 0.3) is 10.9 Å². The van der Waals surface area contributed by atoms with Crippen LogP contribution in [-0.4, -0.2) is 12.1 Å². The zero-order valence-corrected chi connectivity index (χ0v) is 7.04. The number of pyridine rings is 1. The number of rotatable bonds is 1. The summed E-state index contributed by atoms with van der Waals surface area (Å²) in [6.45, 7) is 0. The summed E-state index contributed by atoms with van der Waals surface area (Å²) in [5.41, 5.74) is 0.293. The Kier molecular flexibility index (Phi) is 1.85. The van der Waals surface area contributed by atoms with Crippen LogP contribution in [0.4, 0.5) is 4.39 Å². The van der Waals surface area contributed by atoms with Crippen molar-refractivity contribution in [2.75, 3.05) is 7.11 Å². The van der Waals surface area contributed by atoms with Gasteiger partial charge >= 0.3 is 0 Å². The van der Waals surface area contributed by atoms with Crippen LogP contribution in [0.3, 0.4) is 0 Å². The van der Waals surface area contributed by atoms with Gasteiger partial charge in [0.05, 0.1) is 7.11 Å². The predicted octanol–water partition coefficient (Wildman–Crippen LogP) is 2.18. The molecule has 0 fully saturated rings. The van der Waals surface area contributed by atoms with E-state index in [9.17, 15) is 4.39 Å². The van der Waals surface area contributed by atoms with Gasteiger partial charge in [-0.25, -0.2) is 9.37 Å². The Hall–Kier alpha value is -1.64. The minimum atomic E-state index is -0.354. The largest absolute Gasteiger partial charge is 0.481 e. The molecule has 3 heteroatoms. The van der Waals surface area contributed by atoms with Crippen LogP contribution in [0.15, 0.2) is 24.3 Å². The number of aromatic nitrogens is 1. The molecule has 0 saturated carbocycles. The number of hydrogen-bond acceptors (Lipinski definition) is 2. The number of halogens is 1. The van der Waals surface area contributed by atoms with E-state index < -0.39 is 0 Å². The topological polar surface area (TPSA) is 22.1 Å². The second kappa shape index (κ2) is 3.01. The van der Waals surface area contributed by atoms with E-state index in [2.05, 4.69) is 11.1 Å². The first-order valence-corrected chi connectivity index (χ1v) is 3.82. The number of benzene rings is 1. The first-order chi connectivity index (χ1) is 6.31. The minimum Gasteiger partial charge on any atom is -0.481 e. The molecule has 0 saturated heterocycles. The number of hydrogen-bond donors (Lipinski definition) is 0. The number of methoxy groups -OCH3 is 1. The molecule has 1 aromatic heterocycles. The standard InChI is InChI=1S/C10H7FNO/c1-13-9-6-5-7-3-2-4-8(11)10(7)12-9/h2-4,6H,1H3. The maximum Gasteiger partial charge on any atom is 0.214 e. The molecule has 0 spiro atoms. The second-order valence-electron chi connectivity index (χ2n) is 2.58. The Labute approximate surface area is 75.0 Å². The lowest BCUT2D eigenvalue weighted by molar-refractivity contribution is 0.399. The Morgan fingerprint density at radius 2 is 2.31 bits per heavy atom. The van der Waals surface area contributed by atoms with Gasteiger partial charge in [0.1, 0.15) is 11.3 Å². The predicted molar refractivity (Wildman–Crippen MR) is 47.1 cm³/mol. The first kappa shape index (κ1) is 7.98. The molecule has 2 rings (SSSR count). The Morgan fingerprint density at radius 1 is 1.46 bits per heavy atom. The van der Waals surface area contributed by atoms with E-state index in [1.54, 1.807) is 18.2 Å². The van der Waals surface area contributed by atoms with Crippen molar-refractivity contribution in [2.45, 2.75) is 0 Å². The Balaban J connectivity index is 2.74. The molecule has 65 valence electrons. The fourth-order valence-corrected chi connectivity index (χ4v) is 1.13. The number of nitrogens with zero attached hydrogens (tertiary/aromatic N) is 1.